The summed E-state index contributed by atoms with van der Waals surface area (Å²) in [7, 11) is 1.81. The van der Waals surface area contributed by atoms with Crippen molar-refractivity contribution in [3.8, 4) is 0 Å². The van der Waals surface area contributed by atoms with Gasteiger partial charge in [-0.15, -0.1) is 11.3 Å². The lowest BCUT2D eigenvalue weighted by atomic mass is 9.96. The van der Waals surface area contributed by atoms with Crippen LogP contribution in [0.15, 0.2) is 22.5 Å². The first-order valence-corrected chi connectivity index (χ1v) is 10.5. The van der Waals surface area contributed by atoms with Gasteiger partial charge in [0.05, 0.1) is 0 Å². The van der Waals surface area contributed by atoms with E-state index >= 15 is 0 Å². The Morgan fingerprint density at radius 2 is 2.15 bits per heavy atom. The molecule has 1 amide bonds. The fourth-order valence-electron chi connectivity index (χ4n) is 3.25. The predicted molar refractivity (Wildman–Crippen MR) is 110 cm³/mol. The van der Waals surface area contributed by atoms with Gasteiger partial charge >= 0.3 is 0 Å². The van der Waals surface area contributed by atoms with Gasteiger partial charge in [-0.3, -0.25) is 9.79 Å². The number of unbranched alkanes of at least 4 members (excludes halogenated alkanes) is 1. The number of primary amides is 1. The molecule has 2 heterocycles. The van der Waals surface area contributed by atoms with Gasteiger partial charge in [-0.25, -0.2) is 0 Å². The molecule has 26 heavy (non-hydrogen) atoms. The van der Waals surface area contributed by atoms with Gasteiger partial charge in [-0.05, 0) is 56.8 Å². The average molecular weight is 380 g/mol. The molecule has 0 aromatic carbocycles. The zero-order chi connectivity index (χ0) is 18.8. The molecule has 1 aliphatic heterocycles. The molecule has 146 valence electrons. The van der Waals surface area contributed by atoms with Crippen LogP contribution in [0, 0.1) is 5.92 Å². The second-order valence-corrected chi connectivity index (χ2v) is 8.00. The highest BCUT2D eigenvalue weighted by Crippen LogP contribution is 2.19. The van der Waals surface area contributed by atoms with Crippen molar-refractivity contribution in [3.05, 3.63) is 22.4 Å². The maximum Gasteiger partial charge on any atom is 0.220 e. The van der Waals surface area contributed by atoms with Crippen molar-refractivity contribution in [3.63, 3.8) is 0 Å². The molecule has 1 aliphatic rings. The second kappa shape index (κ2) is 11.2. The van der Waals surface area contributed by atoms with E-state index in [4.69, 9.17) is 5.73 Å². The number of guanidine groups is 1. The van der Waals surface area contributed by atoms with E-state index in [1.54, 1.807) is 11.3 Å². The highest BCUT2D eigenvalue weighted by atomic mass is 32.1. The van der Waals surface area contributed by atoms with E-state index in [0.29, 0.717) is 5.92 Å². The Morgan fingerprint density at radius 3 is 2.77 bits per heavy atom. The average Bonchev–Trinajstić information content (AvgIpc) is 3.19. The number of thiophene rings is 1. The number of likely N-dealkylation sites (tertiary alicyclic amines) is 1. The number of hydrogen-bond acceptors (Lipinski definition) is 4. The van der Waals surface area contributed by atoms with E-state index in [1.807, 2.05) is 7.05 Å². The number of nitrogens with two attached hydrogens (primary N) is 1. The third kappa shape index (κ3) is 6.96. The standard InChI is InChI=1S/C19H33N5OS/c1-15(17-6-5-13-26-17)14-23-19(21-2)22-9-3-4-10-24-11-7-16(8-12-24)18(20)25/h5-6,13,15-16H,3-4,7-12,14H2,1-2H3,(H2,20,25)(H2,21,22,23). The summed E-state index contributed by atoms with van der Waals surface area (Å²) < 4.78 is 0. The van der Waals surface area contributed by atoms with Crippen molar-refractivity contribution in [2.24, 2.45) is 16.6 Å². The van der Waals surface area contributed by atoms with E-state index in [0.717, 1.165) is 64.4 Å². The third-order valence-corrected chi connectivity index (χ3v) is 6.12. The van der Waals surface area contributed by atoms with Gasteiger partial charge in [0, 0.05) is 36.9 Å². The van der Waals surface area contributed by atoms with Crippen LogP contribution in [0.25, 0.3) is 0 Å². The highest BCUT2D eigenvalue weighted by molar-refractivity contribution is 7.10. The van der Waals surface area contributed by atoms with Gasteiger partial charge < -0.3 is 21.3 Å². The minimum absolute atomic E-state index is 0.0823. The molecule has 0 saturated carbocycles. The van der Waals surface area contributed by atoms with E-state index in [9.17, 15) is 4.79 Å². The summed E-state index contributed by atoms with van der Waals surface area (Å²) in [5, 5.41) is 8.92. The van der Waals surface area contributed by atoms with Gasteiger partial charge in [0.25, 0.3) is 0 Å². The summed E-state index contributed by atoms with van der Waals surface area (Å²) in [5.74, 6) is 1.30. The largest absolute Gasteiger partial charge is 0.369 e. The summed E-state index contributed by atoms with van der Waals surface area (Å²) in [6.45, 7) is 7.11. The van der Waals surface area contributed by atoms with Crippen LogP contribution in [0.5, 0.6) is 0 Å². The Labute approximate surface area is 161 Å². The fourth-order valence-corrected chi connectivity index (χ4v) is 4.04. The molecule has 1 aromatic rings. The van der Waals surface area contributed by atoms with Crippen LogP contribution in [0.4, 0.5) is 0 Å². The topological polar surface area (TPSA) is 82.8 Å². The quantitative estimate of drug-likeness (QED) is 0.348. The number of carbonyl (C=O) groups excluding carboxylic acids is 1. The number of nitrogens with zero attached hydrogens (tertiary/aromatic N) is 2. The van der Waals surface area contributed by atoms with Crippen molar-refractivity contribution in [1.82, 2.24) is 15.5 Å². The second-order valence-electron chi connectivity index (χ2n) is 7.02. The molecule has 0 spiro atoms. The van der Waals surface area contributed by atoms with Crippen LogP contribution < -0.4 is 16.4 Å². The summed E-state index contributed by atoms with van der Waals surface area (Å²) >= 11 is 1.80. The molecule has 1 atom stereocenters. The van der Waals surface area contributed by atoms with Crippen LogP contribution in [0.2, 0.25) is 0 Å². The molecule has 0 bridgehead atoms. The van der Waals surface area contributed by atoms with Crippen molar-refractivity contribution in [2.45, 2.75) is 38.5 Å². The summed E-state index contributed by atoms with van der Waals surface area (Å²) in [6.07, 6.45) is 4.08. The maximum atomic E-state index is 11.2. The Bertz CT molecular complexity index is 552. The summed E-state index contributed by atoms with van der Waals surface area (Å²) in [5.41, 5.74) is 5.38. The van der Waals surface area contributed by atoms with Crippen LogP contribution in [-0.2, 0) is 4.79 Å². The molecule has 6 nitrogen and oxygen atoms in total. The molecule has 1 fully saturated rings. The third-order valence-electron chi connectivity index (χ3n) is 5.01. The Balaban J connectivity index is 1.53. The number of aliphatic imine (C=N–C) groups is 1. The van der Waals surface area contributed by atoms with Crippen molar-refractivity contribution >= 4 is 23.2 Å². The number of nitrogens with one attached hydrogen (secondary N) is 2. The van der Waals surface area contributed by atoms with Crippen molar-refractivity contribution < 1.29 is 4.79 Å². The maximum absolute atomic E-state index is 11.2. The zero-order valence-electron chi connectivity index (χ0n) is 16.0. The lowest BCUT2D eigenvalue weighted by molar-refractivity contribution is -0.123. The van der Waals surface area contributed by atoms with Gasteiger partial charge in [-0.1, -0.05) is 13.0 Å². The van der Waals surface area contributed by atoms with Gasteiger partial charge in [-0.2, -0.15) is 0 Å². The van der Waals surface area contributed by atoms with Gasteiger partial charge in [0.1, 0.15) is 0 Å². The van der Waals surface area contributed by atoms with Crippen LogP contribution in [0.1, 0.15) is 43.4 Å². The van der Waals surface area contributed by atoms with E-state index in [1.165, 1.54) is 4.88 Å². The summed E-state index contributed by atoms with van der Waals surface area (Å²) in [4.78, 5) is 19.3. The molecule has 2 rings (SSSR count). The van der Waals surface area contributed by atoms with Gasteiger partial charge in [0.15, 0.2) is 5.96 Å². The highest BCUT2D eigenvalue weighted by Gasteiger charge is 2.22. The van der Waals surface area contributed by atoms with E-state index in [-0.39, 0.29) is 11.8 Å². The first kappa shape index (κ1) is 20.7. The van der Waals surface area contributed by atoms with Crippen molar-refractivity contribution in [2.75, 3.05) is 39.8 Å². The fraction of sp³-hybridized carbons (Fsp3) is 0.684. The number of amides is 1. The molecule has 0 radical (unpaired) electrons. The van der Waals surface area contributed by atoms with Crippen molar-refractivity contribution in [1.29, 1.82) is 0 Å². The predicted octanol–water partition coefficient (Wildman–Crippen LogP) is 1.99. The monoisotopic (exact) mass is 379 g/mol. The Morgan fingerprint density at radius 1 is 1.38 bits per heavy atom. The minimum atomic E-state index is -0.138. The number of piperidine rings is 1. The first-order valence-electron chi connectivity index (χ1n) is 9.59. The molecule has 1 saturated heterocycles. The summed E-state index contributed by atoms with van der Waals surface area (Å²) in [6, 6.07) is 4.28. The molecule has 1 unspecified atom stereocenters. The minimum Gasteiger partial charge on any atom is -0.369 e. The first-order chi connectivity index (χ1) is 12.6. The molecule has 4 N–H and O–H groups in total. The molecule has 0 aliphatic carbocycles. The van der Waals surface area contributed by atoms with Gasteiger partial charge in [0.2, 0.25) is 5.91 Å². The van der Waals surface area contributed by atoms with E-state index in [2.05, 4.69) is 45.0 Å². The lowest BCUT2D eigenvalue weighted by Crippen LogP contribution is -2.40. The molecular formula is C19H33N5OS. The smallest absolute Gasteiger partial charge is 0.220 e. The Kier molecular flexibility index (Phi) is 8.91. The SMILES string of the molecule is CN=C(NCCCCN1CCC(C(N)=O)CC1)NCC(C)c1cccs1. The number of hydrogen-bond donors (Lipinski definition) is 3. The van der Waals surface area contributed by atoms with E-state index < -0.39 is 0 Å². The Hall–Kier alpha value is -1.60. The van der Waals surface area contributed by atoms with Crippen LogP contribution >= 0.6 is 11.3 Å². The molecular weight excluding hydrogens is 346 g/mol. The molecule has 7 heteroatoms. The normalized spacial score (nSPS) is 17.8. The zero-order valence-corrected chi connectivity index (χ0v) is 16.9. The lowest BCUT2D eigenvalue weighted by Gasteiger charge is -2.30. The molecule has 1 aromatic heterocycles. The number of rotatable bonds is 9. The number of carbonyl (C=O) groups is 1. The van der Waals surface area contributed by atoms with Crippen LogP contribution in [0.3, 0.4) is 0 Å². The van der Waals surface area contributed by atoms with Crippen LogP contribution in [-0.4, -0.2) is 56.5 Å².